The highest BCUT2D eigenvalue weighted by molar-refractivity contribution is 5.96. The molecule has 0 aromatic heterocycles. The lowest BCUT2D eigenvalue weighted by Crippen LogP contribution is -2.04. The Morgan fingerprint density at radius 2 is 2.08 bits per heavy atom. The second-order valence-corrected chi connectivity index (χ2v) is 2.50. The molecule has 64 valence electrons. The Morgan fingerprint density at radius 1 is 1.50 bits per heavy atom. The van der Waals surface area contributed by atoms with Gasteiger partial charge in [0.25, 0.3) is 0 Å². The van der Waals surface area contributed by atoms with E-state index in [1.165, 1.54) is 12.1 Å². The highest BCUT2D eigenvalue weighted by Crippen LogP contribution is 2.26. The average Bonchev–Trinajstić information content (AvgIpc) is 1.97. The minimum atomic E-state index is -1.12. The molecule has 0 spiro atoms. The van der Waals surface area contributed by atoms with E-state index in [1.807, 2.05) is 0 Å². The highest BCUT2D eigenvalue weighted by atomic mass is 16.4. The van der Waals surface area contributed by atoms with Gasteiger partial charge >= 0.3 is 5.97 Å². The minimum Gasteiger partial charge on any atom is -0.506 e. The number of rotatable bonds is 1. The molecule has 4 nitrogen and oxygen atoms in total. The molecular weight excluding hydrogens is 158 g/mol. The van der Waals surface area contributed by atoms with Crippen LogP contribution in [0.5, 0.6) is 5.75 Å². The Kier molecular flexibility index (Phi) is 1.91. The van der Waals surface area contributed by atoms with Gasteiger partial charge < -0.3 is 15.9 Å². The summed E-state index contributed by atoms with van der Waals surface area (Å²) >= 11 is 0. The number of anilines is 1. The zero-order valence-corrected chi connectivity index (χ0v) is 6.53. The van der Waals surface area contributed by atoms with Crippen molar-refractivity contribution in [2.45, 2.75) is 6.92 Å². The van der Waals surface area contributed by atoms with E-state index < -0.39 is 5.97 Å². The summed E-state index contributed by atoms with van der Waals surface area (Å²) < 4.78 is 0. The van der Waals surface area contributed by atoms with Crippen LogP contribution >= 0.6 is 0 Å². The maximum absolute atomic E-state index is 10.6. The van der Waals surface area contributed by atoms with Gasteiger partial charge in [-0.2, -0.15) is 0 Å². The van der Waals surface area contributed by atoms with Crippen molar-refractivity contribution in [3.63, 3.8) is 0 Å². The largest absolute Gasteiger partial charge is 0.506 e. The minimum absolute atomic E-state index is 0.0324. The molecule has 1 aromatic carbocycles. The molecule has 0 fully saturated rings. The fourth-order valence-electron chi connectivity index (χ4n) is 1.00. The Morgan fingerprint density at radius 3 is 2.50 bits per heavy atom. The van der Waals surface area contributed by atoms with E-state index >= 15 is 0 Å². The van der Waals surface area contributed by atoms with Crippen LogP contribution in [0.3, 0.4) is 0 Å². The number of hydrogen-bond acceptors (Lipinski definition) is 3. The van der Waals surface area contributed by atoms with Crippen molar-refractivity contribution in [1.82, 2.24) is 0 Å². The van der Waals surface area contributed by atoms with E-state index in [-0.39, 0.29) is 17.0 Å². The van der Waals surface area contributed by atoms with Crippen LogP contribution in [0.15, 0.2) is 12.1 Å². The van der Waals surface area contributed by atoms with Crippen molar-refractivity contribution in [3.05, 3.63) is 23.3 Å². The monoisotopic (exact) mass is 167 g/mol. The number of aromatic carboxylic acids is 1. The molecule has 4 heteroatoms. The van der Waals surface area contributed by atoms with E-state index in [0.29, 0.717) is 5.56 Å². The van der Waals surface area contributed by atoms with Gasteiger partial charge in [0.1, 0.15) is 5.75 Å². The van der Waals surface area contributed by atoms with Crippen molar-refractivity contribution in [2.75, 3.05) is 5.73 Å². The van der Waals surface area contributed by atoms with Gasteiger partial charge in [-0.1, -0.05) is 6.07 Å². The predicted octanol–water partition coefficient (Wildman–Crippen LogP) is 0.981. The predicted molar refractivity (Wildman–Crippen MR) is 44.2 cm³/mol. The van der Waals surface area contributed by atoms with Crippen molar-refractivity contribution in [2.24, 2.45) is 0 Å². The molecule has 0 amide bonds. The summed E-state index contributed by atoms with van der Waals surface area (Å²) in [5.74, 6) is -1.32. The van der Waals surface area contributed by atoms with E-state index in [4.69, 9.17) is 15.9 Å². The topological polar surface area (TPSA) is 83.5 Å². The Labute approximate surface area is 69.3 Å². The third-order valence-corrected chi connectivity index (χ3v) is 1.64. The number of aryl methyl sites for hydroxylation is 1. The number of phenols is 1. The fourth-order valence-corrected chi connectivity index (χ4v) is 1.00. The number of carboxylic acid groups (broad SMARTS) is 1. The summed E-state index contributed by atoms with van der Waals surface area (Å²) in [4.78, 5) is 10.6. The van der Waals surface area contributed by atoms with Crippen LogP contribution in [-0.2, 0) is 0 Å². The van der Waals surface area contributed by atoms with Gasteiger partial charge in [-0.25, -0.2) is 4.79 Å². The second kappa shape index (κ2) is 2.73. The number of nitrogens with two attached hydrogens (primary N) is 1. The molecule has 0 heterocycles. The Bertz CT molecular complexity index is 333. The van der Waals surface area contributed by atoms with Gasteiger partial charge in [-0.05, 0) is 18.6 Å². The third kappa shape index (κ3) is 1.18. The molecule has 0 saturated carbocycles. The average molecular weight is 167 g/mol. The van der Waals surface area contributed by atoms with Crippen LogP contribution in [-0.4, -0.2) is 16.2 Å². The molecule has 0 bridgehead atoms. The van der Waals surface area contributed by atoms with Crippen LogP contribution in [0.2, 0.25) is 0 Å². The van der Waals surface area contributed by atoms with Crippen LogP contribution in [0.25, 0.3) is 0 Å². The lowest BCUT2D eigenvalue weighted by molar-refractivity contribution is 0.0697. The smallest absolute Gasteiger partial charge is 0.338 e. The number of carbonyl (C=O) groups is 1. The van der Waals surface area contributed by atoms with Gasteiger partial charge in [-0.15, -0.1) is 0 Å². The third-order valence-electron chi connectivity index (χ3n) is 1.64. The molecule has 0 saturated heterocycles. The summed E-state index contributed by atoms with van der Waals surface area (Å²) in [6.07, 6.45) is 0. The molecular formula is C8H9NO3. The van der Waals surface area contributed by atoms with Crippen LogP contribution in [0.1, 0.15) is 15.9 Å². The molecule has 0 unspecified atom stereocenters. The summed E-state index contributed by atoms with van der Waals surface area (Å²) in [5.41, 5.74) is 5.78. The fraction of sp³-hybridized carbons (Fsp3) is 0.125. The molecule has 0 aliphatic rings. The molecule has 0 atom stereocenters. The van der Waals surface area contributed by atoms with Crippen LogP contribution in [0.4, 0.5) is 5.69 Å². The molecule has 1 aromatic rings. The maximum atomic E-state index is 10.6. The van der Waals surface area contributed by atoms with Crippen molar-refractivity contribution >= 4 is 11.7 Å². The first-order valence-corrected chi connectivity index (χ1v) is 3.35. The Hall–Kier alpha value is -1.71. The number of benzene rings is 1. The van der Waals surface area contributed by atoms with Gasteiger partial charge in [0, 0.05) is 0 Å². The van der Waals surface area contributed by atoms with E-state index in [1.54, 1.807) is 6.92 Å². The van der Waals surface area contributed by atoms with Crippen LogP contribution in [0, 0.1) is 6.92 Å². The number of hydrogen-bond donors (Lipinski definition) is 3. The van der Waals surface area contributed by atoms with Gasteiger partial charge in [0.05, 0.1) is 11.3 Å². The van der Waals surface area contributed by atoms with Crippen molar-refractivity contribution in [1.29, 1.82) is 0 Å². The number of aromatic hydroxyl groups is 1. The zero-order chi connectivity index (χ0) is 9.30. The lowest BCUT2D eigenvalue weighted by Gasteiger charge is -2.05. The summed E-state index contributed by atoms with van der Waals surface area (Å²) in [6, 6.07) is 2.88. The summed E-state index contributed by atoms with van der Waals surface area (Å²) in [5, 5.41) is 17.8. The van der Waals surface area contributed by atoms with Crippen LogP contribution < -0.4 is 5.73 Å². The number of phenolic OH excluding ortho intramolecular Hbond substituents is 1. The standard InChI is InChI=1S/C8H9NO3/c1-4-2-3-5(10)7(9)6(4)8(11)12/h2-3,10H,9H2,1H3,(H,11,12). The first kappa shape index (κ1) is 8.39. The van der Waals surface area contributed by atoms with Crippen molar-refractivity contribution < 1.29 is 15.0 Å². The SMILES string of the molecule is Cc1ccc(O)c(N)c1C(=O)O. The molecule has 0 aliphatic heterocycles. The lowest BCUT2D eigenvalue weighted by atomic mass is 10.1. The van der Waals surface area contributed by atoms with Gasteiger partial charge in [0.2, 0.25) is 0 Å². The first-order valence-electron chi connectivity index (χ1n) is 3.35. The first-order chi connectivity index (χ1) is 5.54. The van der Waals surface area contributed by atoms with E-state index in [0.717, 1.165) is 0 Å². The van der Waals surface area contributed by atoms with Gasteiger partial charge in [-0.3, -0.25) is 0 Å². The maximum Gasteiger partial charge on any atom is 0.338 e. The summed E-state index contributed by atoms with van der Waals surface area (Å²) in [6.45, 7) is 1.62. The van der Waals surface area contributed by atoms with E-state index in [2.05, 4.69) is 0 Å². The number of nitrogen functional groups attached to an aromatic ring is 1. The van der Waals surface area contributed by atoms with Crippen molar-refractivity contribution in [3.8, 4) is 5.75 Å². The molecule has 0 aliphatic carbocycles. The molecule has 0 radical (unpaired) electrons. The van der Waals surface area contributed by atoms with Gasteiger partial charge in [0.15, 0.2) is 0 Å². The summed E-state index contributed by atoms with van der Waals surface area (Å²) in [7, 11) is 0. The quantitative estimate of drug-likeness (QED) is 0.430. The second-order valence-electron chi connectivity index (χ2n) is 2.50. The molecule has 12 heavy (non-hydrogen) atoms. The molecule has 1 rings (SSSR count). The van der Waals surface area contributed by atoms with E-state index in [9.17, 15) is 4.79 Å². The zero-order valence-electron chi connectivity index (χ0n) is 6.53. The highest BCUT2D eigenvalue weighted by Gasteiger charge is 2.13. The normalized spacial score (nSPS) is 9.75. The number of carboxylic acids is 1. The molecule has 4 N–H and O–H groups in total. The Balaban J connectivity index is 3.43.